The predicted molar refractivity (Wildman–Crippen MR) is 112 cm³/mol. The van der Waals surface area contributed by atoms with E-state index >= 15 is 0 Å². The van der Waals surface area contributed by atoms with Gasteiger partial charge in [-0.3, -0.25) is 0 Å². The van der Waals surface area contributed by atoms with Crippen molar-refractivity contribution in [2.75, 3.05) is 13.3 Å². The predicted octanol–water partition coefficient (Wildman–Crippen LogP) is 3.56. The molecule has 0 aromatic heterocycles. The molecule has 0 aliphatic heterocycles. The van der Waals surface area contributed by atoms with Crippen LogP contribution in [0.4, 0.5) is 0 Å². The van der Waals surface area contributed by atoms with Crippen molar-refractivity contribution in [3.63, 3.8) is 0 Å². The maximum absolute atomic E-state index is 5.31. The van der Waals surface area contributed by atoms with Crippen LogP contribution in [0, 0.1) is 0 Å². The van der Waals surface area contributed by atoms with Crippen molar-refractivity contribution < 1.29 is 18.9 Å². The summed E-state index contributed by atoms with van der Waals surface area (Å²) in [5.74, 6) is 0. The Kier molecular flexibility index (Phi) is 8.48. The van der Waals surface area contributed by atoms with E-state index in [-0.39, 0.29) is 18.9 Å². The van der Waals surface area contributed by atoms with E-state index in [0.717, 1.165) is 0 Å². The molecule has 24 heavy (non-hydrogen) atoms. The number of nitrogens with zero attached hydrogens (tertiary/aromatic N) is 1. The van der Waals surface area contributed by atoms with Gasteiger partial charge in [0.15, 0.2) is 8.24 Å². The van der Waals surface area contributed by atoms with Gasteiger partial charge in [0.2, 0.25) is 0 Å². The zero-order valence-corrected chi connectivity index (χ0v) is 18.5. The molecule has 2 aromatic carbocycles. The van der Waals surface area contributed by atoms with E-state index in [0.29, 0.717) is 0 Å². The van der Waals surface area contributed by atoms with Crippen LogP contribution in [0.2, 0.25) is 19.6 Å². The molecule has 0 aliphatic carbocycles. The van der Waals surface area contributed by atoms with E-state index in [4.69, 9.17) is 4.41 Å². The van der Waals surface area contributed by atoms with Crippen LogP contribution >= 0.6 is 15.6 Å². The molecule has 0 bridgehead atoms. The second-order valence-corrected chi connectivity index (χ2v) is 17.0. The number of hydrogen-bond donors (Lipinski definition) is 0. The second-order valence-electron chi connectivity index (χ2n) is 7.03. The first-order valence-electron chi connectivity index (χ1n) is 7.89. The van der Waals surface area contributed by atoms with Crippen molar-refractivity contribution in [3.05, 3.63) is 71.3 Å². The Labute approximate surface area is 162 Å². The Bertz CT molecular complexity index is 716. The average Bonchev–Trinajstić information content (AvgIpc) is 2.46. The van der Waals surface area contributed by atoms with Crippen LogP contribution in [0.15, 0.2) is 70.1 Å². The molecule has 5 heteroatoms. The molecule has 0 heterocycles. The third-order valence-electron chi connectivity index (χ3n) is 3.21. The van der Waals surface area contributed by atoms with Gasteiger partial charge in [-0.15, -0.1) is 0 Å². The van der Waals surface area contributed by atoms with Crippen molar-refractivity contribution >= 4 is 35.3 Å². The van der Waals surface area contributed by atoms with Crippen LogP contribution in [0.5, 0.6) is 0 Å². The third-order valence-corrected chi connectivity index (χ3v) is 11.5. The van der Waals surface area contributed by atoms with Gasteiger partial charge >= 0.3 is 18.9 Å². The summed E-state index contributed by atoms with van der Waals surface area (Å²) in [6, 6.07) is 21.3. The molecule has 0 aliphatic rings. The van der Waals surface area contributed by atoms with Crippen molar-refractivity contribution in [2.24, 2.45) is 4.41 Å². The maximum atomic E-state index is 5.31. The van der Waals surface area contributed by atoms with E-state index in [1.807, 2.05) is 0 Å². The molecular weight excluding hydrogens is 339 g/mol. The van der Waals surface area contributed by atoms with E-state index in [9.17, 15) is 0 Å². The quantitative estimate of drug-likeness (QED) is 0.568. The van der Waals surface area contributed by atoms with Gasteiger partial charge in [0.25, 0.3) is 0 Å². The van der Waals surface area contributed by atoms with Crippen molar-refractivity contribution in [3.8, 4) is 0 Å². The summed E-state index contributed by atoms with van der Waals surface area (Å²) < 4.78 is 5.31. The Morgan fingerprint density at radius 3 is 1.92 bits per heavy atom. The van der Waals surface area contributed by atoms with Gasteiger partial charge in [0.05, 0.1) is 0 Å². The van der Waals surface area contributed by atoms with Crippen molar-refractivity contribution in [1.29, 1.82) is 0 Å². The topological polar surface area (TPSA) is 12.4 Å². The zero-order valence-electron chi connectivity index (χ0n) is 15.7. The van der Waals surface area contributed by atoms with Gasteiger partial charge in [-0.1, -0.05) is 86.4 Å². The van der Waals surface area contributed by atoms with Crippen LogP contribution < -0.4 is 24.2 Å². The molecule has 2 aromatic rings. The number of rotatable bonds is 5. The molecule has 0 N–H and O–H groups in total. The molecule has 122 valence electrons. The molecule has 1 nitrogen and oxygen atoms in total. The van der Waals surface area contributed by atoms with E-state index in [2.05, 4.69) is 99.7 Å². The SMILES string of the molecule is C[Si](C)(C)N=P(C)(C)/C(=C\c1ccccc1)[P-]c1ccccc1.[Li+]. The average molecular weight is 365 g/mol. The van der Waals surface area contributed by atoms with E-state index in [1.165, 1.54) is 24.5 Å². The monoisotopic (exact) mass is 365 g/mol. The van der Waals surface area contributed by atoms with Crippen LogP contribution in [0.1, 0.15) is 5.56 Å². The van der Waals surface area contributed by atoms with E-state index < -0.39 is 15.3 Å². The zero-order chi connectivity index (χ0) is 16.9. The smallest absolute Gasteiger partial charge is 0.470 e. The van der Waals surface area contributed by atoms with Crippen LogP contribution in [0.3, 0.4) is 0 Å². The maximum Gasteiger partial charge on any atom is 1.00 e. The van der Waals surface area contributed by atoms with Crippen LogP contribution in [-0.2, 0) is 0 Å². The molecule has 0 unspecified atom stereocenters. The number of hydrogen-bond acceptors (Lipinski definition) is 1. The van der Waals surface area contributed by atoms with Gasteiger partial charge in [0.1, 0.15) is 0 Å². The summed E-state index contributed by atoms with van der Waals surface area (Å²) in [4.78, 5) is 0. The van der Waals surface area contributed by atoms with Crippen molar-refractivity contribution in [2.45, 2.75) is 19.6 Å². The Morgan fingerprint density at radius 2 is 1.42 bits per heavy atom. The molecule has 0 fully saturated rings. The van der Waals surface area contributed by atoms with E-state index in [1.54, 1.807) is 0 Å². The minimum absolute atomic E-state index is 0. The molecule has 0 saturated heterocycles. The van der Waals surface area contributed by atoms with Gasteiger partial charge < -0.3 is 13.0 Å². The Balaban J connectivity index is 0.00000288. The van der Waals surface area contributed by atoms with Crippen LogP contribution in [-0.4, -0.2) is 21.6 Å². The summed E-state index contributed by atoms with van der Waals surface area (Å²) in [7, 11) is -1.65. The summed E-state index contributed by atoms with van der Waals surface area (Å²) in [5.41, 5.74) is 1.27. The largest absolute Gasteiger partial charge is 1.00 e. The minimum Gasteiger partial charge on any atom is -0.470 e. The summed E-state index contributed by atoms with van der Waals surface area (Å²) in [5, 5.41) is 2.80. The van der Waals surface area contributed by atoms with Gasteiger partial charge in [-0.05, 0) is 25.9 Å². The Hall–Kier alpha value is -0.346. The number of benzene rings is 2. The standard InChI is InChI=1S/C19H26NP2Si.Li/c1-22(2,20-23(3,4)5)19(16-17-12-8-6-9-13-17)21-18-14-10-7-11-15-18;/h6-16H,1-5H3;/q-1;+1/b19-16-;. The van der Waals surface area contributed by atoms with Gasteiger partial charge in [0, 0.05) is 0 Å². The minimum atomic E-state index is -1.47. The Morgan fingerprint density at radius 1 is 0.917 bits per heavy atom. The summed E-state index contributed by atoms with van der Waals surface area (Å²) >= 11 is 0. The molecule has 0 saturated carbocycles. The molecule has 2 rings (SSSR count). The molecule has 0 spiro atoms. The fourth-order valence-electron chi connectivity index (χ4n) is 2.45. The fraction of sp³-hybridized carbons (Fsp3) is 0.263. The first-order chi connectivity index (χ1) is 10.8. The molecular formula is C19H26LiNP2Si. The first-order valence-corrected chi connectivity index (χ1v) is 14.9. The summed E-state index contributed by atoms with van der Waals surface area (Å²) in [6.07, 6.45) is 2.35. The normalized spacial score (nSPS) is 13.0. The molecule has 0 amide bonds. The first kappa shape index (κ1) is 21.7. The van der Waals surface area contributed by atoms with Gasteiger partial charge in [-0.25, -0.2) is 0 Å². The van der Waals surface area contributed by atoms with Gasteiger partial charge in [-0.2, -0.15) is 10.4 Å². The third kappa shape index (κ3) is 7.27. The molecule has 0 radical (unpaired) electrons. The molecule has 0 atom stereocenters. The fourth-order valence-corrected chi connectivity index (χ4v) is 11.8. The second kappa shape index (κ2) is 9.38. The van der Waals surface area contributed by atoms with Crippen molar-refractivity contribution in [1.82, 2.24) is 0 Å². The van der Waals surface area contributed by atoms with Crippen LogP contribution in [0.25, 0.3) is 6.08 Å². The summed E-state index contributed by atoms with van der Waals surface area (Å²) in [6.45, 7) is 11.7.